The summed E-state index contributed by atoms with van der Waals surface area (Å²) in [4.78, 5) is 0. The summed E-state index contributed by atoms with van der Waals surface area (Å²) in [5.74, 6) is 1.65. The first-order valence-electron chi connectivity index (χ1n) is 7.08. The second-order valence-electron chi connectivity index (χ2n) is 4.91. The molecule has 1 heterocycles. The van der Waals surface area contributed by atoms with Crippen LogP contribution in [0.3, 0.4) is 0 Å². The van der Waals surface area contributed by atoms with E-state index < -0.39 is 0 Å². The monoisotopic (exact) mass is 295 g/mol. The number of nitrogens with two attached hydrogens (primary N) is 1. The molecule has 1 aromatic heterocycles. The summed E-state index contributed by atoms with van der Waals surface area (Å²) in [7, 11) is 0. The van der Waals surface area contributed by atoms with Crippen molar-refractivity contribution in [1.82, 2.24) is 20.2 Å². The normalized spacial score (nSPS) is 10.5. The number of ether oxygens (including phenoxy) is 1. The van der Waals surface area contributed by atoms with E-state index in [2.05, 4.69) is 15.5 Å². The minimum absolute atomic E-state index is 0.534. The molecule has 0 spiro atoms. The first kappa shape index (κ1) is 14.1. The lowest BCUT2D eigenvalue weighted by molar-refractivity contribution is 0.316. The van der Waals surface area contributed by atoms with Crippen molar-refractivity contribution in [3.05, 3.63) is 66.0 Å². The van der Waals surface area contributed by atoms with Gasteiger partial charge in [0.25, 0.3) is 0 Å². The SMILES string of the molecule is Nc1ccc(Cn2nnnc2CCOc2ccccc2)cc1. The summed E-state index contributed by atoms with van der Waals surface area (Å²) in [6.45, 7) is 1.15. The summed E-state index contributed by atoms with van der Waals surface area (Å²) in [6.07, 6.45) is 0.650. The van der Waals surface area contributed by atoms with Crippen LogP contribution in [-0.4, -0.2) is 26.8 Å². The number of anilines is 1. The Balaban J connectivity index is 1.59. The third-order valence-electron chi connectivity index (χ3n) is 3.26. The topological polar surface area (TPSA) is 78.9 Å². The number of nitrogen functional groups attached to an aromatic ring is 1. The van der Waals surface area contributed by atoms with Gasteiger partial charge in [0.2, 0.25) is 0 Å². The zero-order valence-electron chi connectivity index (χ0n) is 12.1. The van der Waals surface area contributed by atoms with Crippen molar-refractivity contribution < 1.29 is 4.74 Å². The minimum atomic E-state index is 0.534. The Morgan fingerprint density at radius 1 is 1.00 bits per heavy atom. The average Bonchev–Trinajstić information content (AvgIpc) is 2.98. The van der Waals surface area contributed by atoms with Gasteiger partial charge in [0.15, 0.2) is 5.82 Å². The van der Waals surface area contributed by atoms with Crippen LogP contribution >= 0.6 is 0 Å². The van der Waals surface area contributed by atoms with Gasteiger partial charge in [0.1, 0.15) is 5.75 Å². The van der Waals surface area contributed by atoms with E-state index in [9.17, 15) is 0 Å². The molecule has 0 saturated heterocycles. The van der Waals surface area contributed by atoms with E-state index in [0.717, 1.165) is 22.8 Å². The standard InChI is InChI=1S/C16H17N5O/c17-14-8-6-13(7-9-14)12-21-16(18-19-20-21)10-11-22-15-4-2-1-3-5-15/h1-9H,10-12,17H2. The molecule has 0 aliphatic rings. The van der Waals surface area contributed by atoms with E-state index >= 15 is 0 Å². The Morgan fingerprint density at radius 3 is 2.55 bits per heavy atom. The quantitative estimate of drug-likeness (QED) is 0.703. The number of tetrazole rings is 1. The van der Waals surface area contributed by atoms with E-state index in [1.807, 2.05) is 54.6 Å². The summed E-state index contributed by atoms with van der Waals surface area (Å²) < 4.78 is 7.45. The van der Waals surface area contributed by atoms with Crippen LogP contribution < -0.4 is 10.5 Å². The van der Waals surface area contributed by atoms with Gasteiger partial charge in [-0.15, -0.1) is 5.10 Å². The zero-order chi connectivity index (χ0) is 15.2. The molecule has 22 heavy (non-hydrogen) atoms. The number of para-hydroxylation sites is 1. The van der Waals surface area contributed by atoms with Crippen molar-refractivity contribution in [3.8, 4) is 5.75 Å². The van der Waals surface area contributed by atoms with Crippen LogP contribution in [0.25, 0.3) is 0 Å². The van der Waals surface area contributed by atoms with Crippen LogP contribution in [0.15, 0.2) is 54.6 Å². The molecule has 0 fully saturated rings. The van der Waals surface area contributed by atoms with Gasteiger partial charge in [-0.3, -0.25) is 0 Å². The maximum absolute atomic E-state index is 5.69. The molecule has 0 amide bonds. The number of hydrogen-bond acceptors (Lipinski definition) is 5. The van der Waals surface area contributed by atoms with Gasteiger partial charge in [0.05, 0.1) is 13.2 Å². The van der Waals surface area contributed by atoms with E-state index in [4.69, 9.17) is 10.5 Å². The lowest BCUT2D eigenvalue weighted by atomic mass is 10.2. The summed E-state index contributed by atoms with van der Waals surface area (Å²) >= 11 is 0. The summed E-state index contributed by atoms with van der Waals surface area (Å²) in [5, 5.41) is 11.8. The first-order valence-corrected chi connectivity index (χ1v) is 7.08. The van der Waals surface area contributed by atoms with E-state index in [-0.39, 0.29) is 0 Å². The fourth-order valence-electron chi connectivity index (χ4n) is 2.10. The number of nitrogens with zero attached hydrogens (tertiary/aromatic N) is 4. The molecule has 6 heteroatoms. The van der Waals surface area contributed by atoms with Crippen LogP contribution in [0, 0.1) is 0 Å². The molecule has 0 radical (unpaired) electrons. The molecule has 3 rings (SSSR count). The molecular weight excluding hydrogens is 278 g/mol. The van der Waals surface area contributed by atoms with Gasteiger partial charge in [-0.2, -0.15) is 0 Å². The third-order valence-corrected chi connectivity index (χ3v) is 3.26. The smallest absolute Gasteiger partial charge is 0.155 e. The van der Waals surface area contributed by atoms with E-state index in [1.54, 1.807) is 4.68 Å². The van der Waals surface area contributed by atoms with Gasteiger partial charge in [-0.25, -0.2) is 4.68 Å². The van der Waals surface area contributed by atoms with Gasteiger partial charge in [-0.05, 0) is 40.3 Å². The highest BCUT2D eigenvalue weighted by Crippen LogP contribution is 2.10. The molecule has 0 saturated carbocycles. The van der Waals surface area contributed by atoms with Crippen molar-refractivity contribution in [2.75, 3.05) is 12.3 Å². The van der Waals surface area contributed by atoms with Crippen LogP contribution in [0.5, 0.6) is 5.75 Å². The lowest BCUT2D eigenvalue weighted by Crippen LogP contribution is -2.11. The molecule has 0 aliphatic carbocycles. The average molecular weight is 295 g/mol. The molecule has 0 unspecified atom stereocenters. The van der Waals surface area contributed by atoms with Gasteiger partial charge >= 0.3 is 0 Å². The van der Waals surface area contributed by atoms with Crippen molar-refractivity contribution in [2.45, 2.75) is 13.0 Å². The second-order valence-corrected chi connectivity index (χ2v) is 4.91. The van der Waals surface area contributed by atoms with E-state index in [0.29, 0.717) is 19.6 Å². The molecule has 2 N–H and O–H groups in total. The largest absolute Gasteiger partial charge is 0.493 e. The number of rotatable bonds is 6. The lowest BCUT2D eigenvalue weighted by Gasteiger charge is -2.07. The van der Waals surface area contributed by atoms with Crippen LogP contribution in [-0.2, 0) is 13.0 Å². The van der Waals surface area contributed by atoms with Crippen LogP contribution in [0.2, 0.25) is 0 Å². The molecular formula is C16H17N5O. The Hall–Kier alpha value is -2.89. The zero-order valence-corrected chi connectivity index (χ0v) is 12.1. The molecule has 0 atom stereocenters. The highest BCUT2D eigenvalue weighted by atomic mass is 16.5. The third kappa shape index (κ3) is 3.60. The first-order chi connectivity index (χ1) is 10.8. The molecule has 112 valence electrons. The van der Waals surface area contributed by atoms with Crippen molar-refractivity contribution in [2.24, 2.45) is 0 Å². The number of aromatic nitrogens is 4. The van der Waals surface area contributed by atoms with E-state index in [1.165, 1.54) is 0 Å². The Bertz CT molecular complexity index is 709. The number of hydrogen-bond donors (Lipinski definition) is 1. The summed E-state index contributed by atoms with van der Waals surface area (Å²) in [5.41, 5.74) is 7.54. The Labute approximate surface area is 128 Å². The minimum Gasteiger partial charge on any atom is -0.493 e. The van der Waals surface area contributed by atoms with Gasteiger partial charge < -0.3 is 10.5 Å². The Kier molecular flexibility index (Phi) is 4.29. The molecule has 0 aliphatic heterocycles. The van der Waals surface area contributed by atoms with Crippen molar-refractivity contribution >= 4 is 5.69 Å². The fraction of sp³-hybridized carbons (Fsp3) is 0.188. The predicted octanol–water partition coefficient (Wildman–Crippen LogP) is 1.93. The Morgan fingerprint density at radius 2 is 1.77 bits per heavy atom. The molecule has 2 aromatic carbocycles. The van der Waals surface area contributed by atoms with Crippen molar-refractivity contribution in [3.63, 3.8) is 0 Å². The highest BCUT2D eigenvalue weighted by molar-refractivity contribution is 5.39. The maximum Gasteiger partial charge on any atom is 0.155 e. The predicted molar refractivity (Wildman–Crippen MR) is 83.4 cm³/mol. The van der Waals surface area contributed by atoms with Crippen LogP contribution in [0.4, 0.5) is 5.69 Å². The number of benzene rings is 2. The second kappa shape index (κ2) is 6.71. The molecule has 3 aromatic rings. The van der Waals surface area contributed by atoms with Crippen molar-refractivity contribution in [1.29, 1.82) is 0 Å². The fourth-order valence-corrected chi connectivity index (χ4v) is 2.10. The van der Waals surface area contributed by atoms with Gasteiger partial charge in [-0.1, -0.05) is 30.3 Å². The van der Waals surface area contributed by atoms with Gasteiger partial charge in [0, 0.05) is 12.1 Å². The molecule has 0 bridgehead atoms. The molecule has 6 nitrogen and oxygen atoms in total. The summed E-state index contributed by atoms with van der Waals surface area (Å²) in [6, 6.07) is 17.4. The highest BCUT2D eigenvalue weighted by Gasteiger charge is 2.07. The maximum atomic E-state index is 5.69. The van der Waals surface area contributed by atoms with Crippen LogP contribution in [0.1, 0.15) is 11.4 Å².